The first-order chi connectivity index (χ1) is 2.77. The van der Waals surface area contributed by atoms with E-state index in [9.17, 15) is 0 Å². The molecule has 0 unspecified atom stereocenters. The van der Waals surface area contributed by atoms with Gasteiger partial charge in [-0.1, -0.05) is 6.58 Å². The fourth-order valence-corrected chi connectivity index (χ4v) is 0.167. The Hall–Kier alpha value is -0.460. The molecule has 0 fully saturated rings. The van der Waals surface area contributed by atoms with E-state index in [1.54, 1.807) is 0 Å². The summed E-state index contributed by atoms with van der Waals surface area (Å²) in [6.45, 7) is 7.11. The SMILES string of the molecule is C=CO[C](C)C. The van der Waals surface area contributed by atoms with E-state index in [1.165, 1.54) is 6.26 Å². The normalized spacial score (nSPS) is 8.50. The van der Waals surface area contributed by atoms with E-state index in [0.29, 0.717) is 0 Å². The van der Waals surface area contributed by atoms with Crippen molar-refractivity contribution in [2.45, 2.75) is 13.8 Å². The van der Waals surface area contributed by atoms with Crippen LogP contribution in [0.1, 0.15) is 13.8 Å². The highest BCUT2D eigenvalue weighted by molar-refractivity contribution is 4.65. The molecular weight excluding hydrogens is 76.1 g/mol. The van der Waals surface area contributed by atoms with Crippen LogP contribution in [0.15, 0.2) is 12.8 Å². The predicted octanol–water partition coefficient (Wildman–Crippen LogP) is 1.72. The molecule has 0 saturated heterocycles. The molecule has 6 heavy (non-hydrogen) atoms. The minimum Gasteiger partial charge on any atom is -0.492 e. The van der Waals surface area contributed by atoms with E-state index in [2.05, 4.69) is 6.58 Å². The van der Waals surface area contributed by atoms with Crippen LogP contribution in [-0.2, 0) is 4.74 Å². The summed E-state index contributed by atoms with van der Waals surface area (Å²) in [5.74, 6) is 0. The number of ether oxygens (including phenoxy) is 1. The van der Waals surface area contributed by atoms with Crippen LogP contribution in [0.5, 0.6) is 0 Å². The highest BCUT2D eigenvalue weighted by Crippen LogP contribution is 1.94. The van der Waals surface area contributed by atoms with Crippen LogP contribution in [0.3, 0.4) is 0 Å². The smallest absolute Gasteiger partial charge is 0.141 e. The van der Waals surface area contributed by atoms with Crippen molar-refractivity contribution in [1.29, 1.82) is 0 Å². The van der Waals surface area contributed by atoms with Gasteiger partial charge in [-0.05, 0) is 13.8 Å². The molecule has 35 valence electrons. The maximum Gasteiger partial charge on any atom is 0.141 e. The molecule has 0 aromatic carbocycles. The summed E-state index contributed by atoms with van der Waals surface area (Å²) in [7, 11) is 0. The Bertz CT molecular complexity index is 39.2. The molecule has 0 N–H and O–H groups in total. The monoisotopic (exact) mass is 85.1 g/mol. The largest absolute Gasteiger partial charge is 0.492 e. The van der Waals surface area contributed by atoms with Gasteiger partial charge in [0, 0.05) is 0 Å². The average Bonchev–Trinajstić information content (AvgIpc) is 1.35. The van der Waals surface area contributed by atoms with Gasteiger partial charge in [-0.15, -0.1) is 0 Å². The van der Waals surface area contributed by atoms with Gasteiger partial charge in [-0.25, -0.2) is 0 Å². The van der Waals surface area contributed by atoms with E-state index >= 15 is 0 Å². The summed E-state index contributed by atoms with van der Waals surface area (Å²) >= 11 is 0. The first-order valence-electron chi connectivity index (χ1n) is 1.85. The summed E-state index contributed by atoms with van der Waals surface area (Å²) in [6.07, 6.45) is 2.33. The molecule has 1 radical (unpaired) electrons. The van der Waals surface area contributed by atoms with E-state index in [0.717, 1.165) is 6.10 Å². The zero-order valence-corrected chi connectivity index (χ0v) is 4.19. The van der Waals surface area contributed by atoms with Crippen molar-refractivity contribution in [2.24, 2.45) is 0 Å². The van der Waals surface area contributed by atoms with E-state index in [4.69, 9.17) is 4.74 Å². The lowest BCUT2D eigenvalue weighted by Crippen LogP contribution is -1.81. The van der Waals surface area contributed by atoms with Crippen molar-refractivity contribution in [2.75, 3.05) is 0 Å². The molecule has 0 aliphatic rings. The van der Waals surface area contributed by atoms with Crippen molar-refractivity contribution in [3.63, 3.8) is 0 Å². The second kappa shape index (κ2) is 2.76. The first-order valence-corrected chi connectivity index (χ1v) is 1.85. The summed E-state index contributed by atoms with van der Waals surface area (Å²) < 4.78 is 4.72. The Morgan fingerprint density at radius 2 is 2.17 bits per heavy atom. The molecular formula is C5H9O. The maximum absolute atomic E-state index is 4.72. The van der Waals surface area contributed by atoms with Gasteiger partial charge in [0.1, 0.15) is 6.10 Å². The van der Waals surface area contributed by atoms with Gasteiger partial charge in [0.15, 0.2) is 0 Å². The van der Waals surface area contributed by atoms with Crippen molar-refractivity contribution >= 4 is 0 Å². The summed E-state index contributed by atoms with van der Waals surface area (Å²) in [5.41, 5.74) is 0. The molecule has 0 atom stereocenters. The maximum atomic E-state index is 4.72. The Morgan fingerprint density at radius 1 is 1.67 bits per heavy atom. The molecule has 0 aliphatic carbocycles. The number of rotatable bonds is 2. The Balaban J connectivity index is 2.81. The van der Waals surface area contributed by atoms with Gasteiger partial charge < -0.3 is 4.74 Å². The molecule has 0 bridgehead atoms. The Labute approximate surface area is 38.6 Å². The zero-order valence-electron chi connectivity index (χ0n) is 4.19. The minimum atomic E-state index is 0.921. The topological polar surface area (TPSA) is 9.23 Å². The molecule has 1 heteroatoms. The van der Waals surface area contributed by atoms with Gasteiger partial charge >= 0.3 is 0 Å². The molecule has 0 aromatic heterocycles. The lowest BCUT2D eigenvalue weighted by molar-refractivity contribution is 0.278. The predicted molar refractivity (Wildman–Crippen MR) is 25.9 cm³/mol. The van der Waals surface area contributed by atoms with Gasteiger partial charge in [-0.3, -0.25) is 0 Å². The highest BCUT2D eigenvalue weighted by atomic mass is 16.5. The zero-order chi connectivity index (χ0) is 4.99. The summed E-state index contributed by atoms with van der Waals surface area (Å²) in [4.78, 5) is 0. The van der Waals surface area contributed by atoms with Crippen LogP contribution in [0.25, 0.3) is 0 Å². The molecule has 0 spiro atoms. The molecule has 0 heterocycles. The average molecular weight is 85.1 g/mol. The van der Waals surface area contributed by atoms with Gasteiger partial charge in [0.2, 0.25) is 0 Å². The fourth-order valence-electron chi connectivity index (χ4n) is 0.167. The van der Waals surface area contributed by atoms with Crippen molar-refractivity contribution in [3.8, 4) is 0 Å². The van der Waals surface area contributed by atoms with Gasteiger partial charge in [-0.2, -0.15) is 0 Å². The molecule has 1 nitrogen and oxygen atoms in total. The third-order valence-electron chi connectivity index (χ3n) is 0.319. The third kappa shape index (κ3) is 3.54. The standard InChI is InChI=1S/C5H9O/c1-4-6-5(2)3/h4H,1H2,2-3H3. The van der Waals surface area contributed by atoms with Gasteiger partial charge in [0.25, 0.3) is 0 Å². The van der Waals surface area contributed by atoms with Crippen molar-refractivity contribution in [3.05, 3.63) is 18.9 Å². The minimum absolute atomic E-state index is 0.921. The van der Waals surface area contributed by atoms with E-state index in [-0.39, 0.29) is 0 Å². The summed E-state index contributed by atoms with van der Waals surface area (Å²) in [5, 5.41) is 0. The quantitative estimate of drug-likeness (QED) is 0.464. The third-order valence-corrected chi connectivity index (χ3v) is 0.319. The lowest BCUT2D eigenvalue weighted by atomic mass is 10.5. The second-order valence-electron chi connectivity index (χ2n) is 1.19. The molecule has 0 amide bonds. The molecule has 0 rings (SSSR count). The number of hydrogen-bond acceptors (Lipinski definition) is 1. The van der Waals surface area contributed by atoms with Crippen LogP contribution < -0.4 is 0 Å². The number of hydrogen-bond donors (Lipinski definition) is 0. The molecule has 0 saturated carbocycles. The van der Waals surface area contributed by atoms with Crippen LogP contribution in [0.4, 0.5) is 0 Å². The lowest BCUT2D eigenvalue weighted by Gasteiger charge is -1.97. The summed E-state index contributed by atoms with van der Waals surface area (Å²) in [6, 6.07) is 0. The second-order valence-corrected chi connectivity index (χ2v) is 1.19. The first kappa shape index (κ1) is 5.54. The van der Waals surface area contributed by atoms with Crippen molar-refractivity contribution in [1.82, 2.24) is 0 Å². The van der Waals surface area contributed by atoms with E-state index in [1.807, 2.05) is 13.8 Å². The Morgan fingerprint density at radius 3 is 2.17 bits per heavy atom. The fraction of sp³-hybridized carbons (Fsp3) is 0.400. The molecule has 0 aliphatic heterocycles. The van der Waals surface area contributed by atoms with Crippen molar-refractivity contribution < 1.29 is 4.74 Å². The van der Waals surface area contributed by atoms with Crippen LogP contribution in [0.2, 0.25) is 0 Å². The highest BCUT2D eigenvalue weighted by Gasteiger charge is 1.83. The van der Waals surface area contributed by atoms with Crippen LogP contribution >= 0.6 is 0 Å². The van der Waals surface area contributed by atoms with Crippen LogP contribution in [-0.4, -0.2) is 0 Å². The molecule has 0 aromatic rings. The van der Waals surface area contributed by atoms with Gasteiger partial charge in [0.05, 0.1) is 6.26 Å². The van der Waals surface area contributed by atoms with Crippen LogP contribution in [0, 0.1) is 6.10 Å². The van der Waals surface area contributed by atoms with E-state index < -0.39 is 0 Å². The Kier molecular flexibility index (Phi) is 2.55.